The Hall–Kier alpha value is -2.15. The number of aliphatic imine (C=N–C) groups is 2. The lowest BCUT2D eigenvalue weighted by atomic mass is 9.83. The summed E-state index contributed by atoms with van der Waals surface area (Å²) in [5, 5.41) is 4.46. The number of guanidine groups is 1. The Balaban J connectivity index is 1.98. The van der Waals surface area contributed by atoms with Gasteiger partial charge in [-0.2, -0.15) is 5.10 Å². The molecule has 124 valence electrons. The second-order valence-corrected chi connectivity index (χ2v) is 6.90. The Labute approximate surface area is 149 Å². The van der Waals surface area contributed by atoms with E-state index < -0.39 is 5.54 Å². The summed E-state index contributed by atoms with van der Waals surface area (Å²) in [6.45, 7) is 4.53. The third-order valence-electron chi connectivity index (χ3n) is 4.56. The quantitative estimate of drug-likeness (QED) is 0.879. The van der Waals surface area contributed by atoms with Gasteiger partial charge < -0.3 is 5.73 Å². The van der Waals surface area contributed by atoms with Crippen molar-refractivity contribution in [2.24, 2.45) is 15.7 Å². The van der Waals surface area contributed by atoms with Crippen LogP contribution in [0.3, 0.4) is 0 Å². The number of nitrogens with zero attached hydrogens (tertiary/aromatic N) is 5. The highest BCUT2D eigenvalue weighted by atomic mass is 79.9. The molecule has 2 aliphatic rings. The number of aromatic nitrogens is 2. The van der Waals surface area contributed by atoms with Gasteiger partial charge in [-0.25, -0.2) is 4.99 Å². The fourth-order valence-electron chi connectivity index (χ4n) is 3.41. The molecule has 0 bridgehead atoms. The van der Waals surface area contributed by atoms with Crippen LogP contribution in [0.2, 0.25) is 0 Å². The third kappa shape index (κ3) is 2.18. The minimum absolute atomic E-state index is 0.526. The van der Waals surface area contributed by atoms with Crippen LogP contribution in [-0.4, -0.2) is 39.6 Å². The molecule has 0 radical (unpaired) electrons. The Morgan fingerprint density at radius 1 is 1.33 bits per heavy atom. The minimum atomic E-state index is -0.721. The van der Waals surface area contributed by atoms with Gasteiger partial charge in [-0.15, -0.1) is 0 Å². The highest BCUT2D eigenvalue weighted by Gasteiger charge is 2.49. The van der Waals surface area contributed by atoms with E-state index in [0.29, 0.717) is 5.96 Å². The van der Waals surface area contributed by atoms with Crippen molar-refractivity contribution in [3.8, 4) is 0 Å². The molecule has 1 atom stereocenters. The standard InChI is InChI=1S/C17H19BrN6/c1-2-23-11-13(10-21-23)17(12-5-3-6-14(18)9-12)15-20-7-4-8-24(15)16(19)22-17/h3,5-6,9-11H,2,4,7-8H2,1H3,(H2,19,22). The molecule has 2 aliphatic heterocycles. The minimum Gasteiger partial charge on any atom is -0.369 e. The molecule has 6 nitrogen and oxygen atoms in total. The normalized spacial score (nSPS) is 23.0. The summed E-state index contributed by atoms with van der Waals surface area (Å²) in [5.41, 5.74) is 7.59. The van der Waals surface area contributed by atoms with E-state index in [2.05, 4.69) is 40.1 Å². The van der Waals surface area contributed by atoms with E-state index in [9.17, 15) is 0 Å². The van der Waals surface area contributed by atoms with Gasteiger partial charge in [0.25, 0.3) is 0 Å². The SMILES string of the molecule is CCn1cc(C2(c3cccc(Br)c3)N=C(N)N3CCCN=C32)cn1. The molecule has 0 saturated carbocycles. The maximum absolute atomic E-state index is 6.27. The number of amidine groups is 1. The molecule has 0 saturated heterocycles. The molecule has 0 amide bonds. The first-order chi connectivity index (χ1) is 11.6. The van der Waals surface area contributed by atoms with Crippen molar-refractivity contribution in [2.75, 3.05) is 13.1 Å². The molecule has 0 fully saturated rings. The van der Waals surface area contributed by atoms with E-state index in [1.54, 1.807) is 0 Å². The van der Waals surface area contributed by atoms with Gasteiger partial charge in [0.05, 0.1) is 6.20 Å². The number of benzene rings is 1. The molecular formula is C17H19BrN6. The summed E-state index contributed by atoms with van der Waals surface area (Å²) >= 11 is 3.57. The smallest absolute Gasteiger partial charge is 0.198 e. The highest BCUT2D eigenvalue weighted by molar-refractivity contribution is 9.10. The summed E-state index contributed by atoms with van der Waals surface area (Å²) in [6.07, 6.45) is 4.91. The van der Waals surface area contributed by atoms with Crippen LogP contribution in [0.25, 0.3) is 0 Å². The van der Waals surface area contributed by atoms with Crippen molar-refractivity contribution in [2.45, 2.75) is 25.4 Å². The first-order valence-electron chi connectivity index (χ1n) is 8.12. The molecule has 1 aromatic heterocycles. The highest BCUT2D eigenvalue weighted by Crippen LogP contribution is 2.41. The Morgan fingerprint density at radius 3 is 2.96 bits per heavy atom. The zero-order chi connectivity index (χ0) is 16.7. The van der Waals surface area contributed by atoms with Crippen molar-refractivity contribution < 1.29 is 0 Å². The van der Waals surface area contributed by atoms with Crippen molar-refractivity contribution in [3.63, 3.8) is 0 Å². The summed E-state index contributed by atoms with van der Waals surface area (Å²) in [4.78, 5) is 11.8. The van der Waals surface area contributed by atoms with Gasteiger partial charge in [0.2, 0.25) is 0 Å². The van der Waals surface area contributed by atoms with Gasteiger partial charge in [0.1, 0.15) is 5.84 Å². The maximum atomic E-state index is 6.27. The largest absolute Gasteiger partial charge is 0.369 e. The molecule has 7 heteroatoms. The fourth-order valence-corrected chi connectivity index (χ4v) is 3.81. The molecule has 0 spiro atoms. The number of halogens is 1. The number of hydrogen-bond donors (Lipinski definition) is 1. The van der Waals surface area contributed by atoms with Crippen LogP contribution in [-0.2, 0) is 12.1 Å². The van der Waals surface area contributed by atoms with Crippen molar-refractivity contribution in [1.82, 2.24) is 14.7 Å². The molecular weight excluding hydrogens is 368 g/mol. The van der Waals surface area contributed by atoms with Gasteiger partial charge in [-0.05, 0) is 31.0 Å². The van der Waals surface area contributed by atoms with Gasteiger partial charge in [0, 0.05) is 35.9 Å². The lowest BCUT2D eigenvalue weighted by Gasteiger charge is -2.32. The zero-order valence-corrected chi connectivity index (χ0v) is 15.1. The van der Waals surface area contributed by atoms with E-state index >= 15 is 0 Å². The van der Waals surface area contributed by atoms with Crippen LogP contribution in [0.15, 0.2) is 51.1 Å². The molecule has 2 N–H and O–H groups in total. The number of rotatable bonds is 3. The van der Waals surface area contributed by atoms with Gasteiger partial charge in [-0.3, -0.25) is 14.6 Å². The van der Waals surface area contributed by atoms with Crippen LogP contribution < -0.4 is 5.73 Å². The molecule has 3 heterocycles. The van der Waals surface area contributed by atoms with Gasteiger partial charge in [0.15, 0.2) is 11.5 Å². The summed E-state index contributed by atoms with van der Waals surface area (Å²) < 4.78 is 2.92. The molecule has 1 unspecified atom stereocenters. The zero-order valence-electron chi connectivity index (χ0n) is 13.5. The Kier molecular flexibility index (Phi) is 3.68. The van der Waals surface area contributed by atoms with Crippen LogP contribution in [0.5, 0.6) is 0 Å². The Bertz CT molecular complexity index is 839. The first kappa shape index (κ1) is 15.4. The van der Waals surface area contributed by atoms with E-state index in [1.165, 1.54) is 0 Å². The van der Waals surface area contributed by atoms with E-state index in [4.69, 9.17) is 15.7 Å². The maximum Gasteiger partial charge on any atom is 0.198 e. The van der Waals surface area contributed by atoms with Gasteiger partial charge >= 0.3 is 0 Å². The predicted molar refractivity (Wildman–Crippen MR) is 98.1 cm³/mol. The van der Waals surface area contributed by atoms with Crippen LogP contribution in [0, 0.1) is 0 Å². The number of nitrogens with two attached hydrogens (primary N) is 1. The molecule has 2 aromatic rings. The molecule has 0 aliphatic carbocycles. The summed E-state index contributed by atoms with van der Waals surface area (Å²) in [6, 6.07) is 8.18. The summed E-state index contributed by atoms with van der Waals surface area (Å²) in [7, 11) is 0. The third-order valence-corrected chi connectivity index (χ3v) is 5.05. The second kappa shape index (κ2) is 5.73. The van der Waals surface area contributed by atoms with Crippen LogP contribution >= 0.6 is 15.9 Å². The van der Waals surface area contributed by atoms with Crippen molar-refractivity contribution in [3.05, 3.63) is 52.3 Å². The molecule has 1 aromatic carbocycles. The predicted octanol–water partition coefficient (Wildman–Crippen LogP) is 2.34. The topological polar surface area (TPSA) is 71.8 Å². The number of fused-ring (bicyclic) bond motifs is 1. The van der Waals surface area contributed by atoms with Crippen molar-refractivity contribution >= 4 is 27.7 Å². The molecule has 24 heavy (non-hydrogen) atoms. The van der Waals surface area contributed by atoms with Crippen LogP contribution in [0.4, 0.5) is 0 Å². The monoisotopic (exact) mass is 386 g/mol. The Morgan fingerprint density at radius 2 is 2.21 bits per heavy atom. The number of hydrogen-bond acceptors (Lipinski definition) is 5. The van der Waals surface area contributed by atoms with Crippen molar-refractivity contribution in [1.29, 1.82) is 0 Å². The summed E-state index contributed by atoms with van der Waals surface area (Å²) in [5.74, 6) is 1.43. The van der Waals surface area contributed by atoms with E-state index in [0.717, 1.165) is 47.5 Å². The molecule has 4 rings (SSSR count). The lowest BCUT2D eigenvalue weighted by molar-refractivity contribution is 0.531. The average molecular weight is 387 g/mol. The first-order valence-corrected chi connectivity index (χ1v) is 8.91. The fraction of sp³-hybridized carbons (Fsp3) is 0.353. The van der Waals surface area contributed by atoms with Crippen LogP contribution in [0.1, 0.15) is 24.5 Å². The van der Waals surface area contributed by atoms with Gasteiger partial charge in [-0.1, -0.05) is 28.1 Å². The second-order valence-electron chi connectivity index (χ2n) is 5.99. The average Bonchev–Trinajstić information content (AvgIpc) is 3.19. The van der Waals surface area contributed by atoms with E-state index in [-0.39, 0.29) is 0 Å². The lowest BCUT2D eigenvalue weighted by Crippen LogP contribution is -2.46. The number of aryl methyl sites for hydroxylation is 1. The van der Waals surface area contributed by atoms with E-state index in [1.807, 2.05) is 34.1 Å².